The number of amides is 1. The third kappa shape index (κ3) is 5.35. The molecule has 1 aromatic carbocycles. The summed E-state index contributed by atoms with van der Waals surface area (Å²) in [5, 5.41) is 3.29. The molecular weight excluding hydrogens is 382 g/mol. The highest BCUT2D eigenvalue weighted by Crippen LogP contribution is 2.14. The molecule has 1 aromatic rings. The van der Waals surface area contributed by atoms with E-state index in [4.69, 9.17) is 4.74 Å². The zero-order valence-corrected chi connectivity index (χ0v) is 17.7. The number of benzene rings is 1. The summed E-state index contributed by atoms with van der Waals surface area (Å²) in [6, 6.07) is 6.78. The Kier molecular flexibility index (Phi) is 7.64. The Morgan fingerprint density at radius 2 is 1.71 bits per heavy atom. The summed E-state index contributed by atoms with van der Waals surface area (Å²) in [7, 11) is 1.31. The minimum Gasteiger partial charge on any atom is -0.450 e. The van der Waals surface area contributed by atoms with Crippen LogP contribution in [-0.4, -0.2) is 88.5 Å². The highest BCUT2D eigenvalue weighted by Gasteiger charge is 2.23. The molecule has 156 valence electrons. The van der Waals surface area contributed by atoms with Crippen LogP contribution in [0.4, 0.5) is 4.79 Å². The molecule has 0 bridgehead atoms. The number of nitrogens with zero attached hydrogens (tertiary/aromatic N) is 4. The van der Waals surface area contributed by atoms with Crippen LogP contribution in [-0.2, 0) is 21.3 Å². The van der Waals surface area contributed by atoms with E-state index in [0.29, 0.717) is 39.3 Å². The highest BCUT2D eigenvalue weighted by molar-refractivity contribution is 7.89. The van der Waals surface area contributed by atoms with Gasteiger partial charge in [0, 0.05) is 53.9 Å². The smallest absolute Gasteiger partial charge is 0.409 e. The summed E-state index contributed by atoms with van der Waals surface area (Å²) in [6.45, 7) is 5.18. The number of carbonyl (C=O) groups excluding carboxylic acids is 1. The monoisotopic (exact) mass is 411 g/mol. The molecule has 10 heteroatoms. The van der Waals surface area contributed by atoms with Gasteiger partial charge in [0.15, 0.2) is 5.96 Å². The number of nitrogens with one attached hydrogen (secondary N) is 1. The number of guanidine groups is 1. The van der Waals surface area contributed by atoms with E-state index < -0.39 is 10.0 Å². The van der Waals surface area contributed by atoms with E-state index in [0.717, 1.165) is 11.5 Å². The zero-order valence-electron chi connectivity index (χ0n) is 16.9. The summed E-state index contributed by atoms with van der Waals surface area (Å²) in [5.74, 6) is 0.744. The van der Waals surface area contributed by atoms with Crippen LogP contribution in [0.3, 0.4) is 0 Å². The van der Waals surface area contributed by atoms with Crippen LogP contribution >= 0.6 is 0 Å². The molecule has 1 fully saturated rings. The van der Waals surface area contributed by atoms with Crippen molar-refractivity contribution in [2.75, 3.05) is 53.9 Å². The first-order chi connectivity index (χ1) is 13.3. The Morgan fingerprint density at radius 3 is 2.21 bits per heavy atom. The van der Waals surface area contributed by atoms with Crippen molar-refractivity contribution in [3.05, 3.63) is 29.8 Å². The molecule has 1 heterocycles. The summed E-state index contributed by atoms with van der Waals surface area (Å²) < 4.78 is 30.5. The van der Waals surface area contributed by atoms with Gasteiger partial charge in [0.25, 0.3) is 0 Å². The van der Waals surface area contributed by atoms with Gasteiger partial charge in [-0.05, 0) is 24.6 Å². The zero-order chi connectivity index (χ0) is 20.7. The molecule has 0 radical (unpaired) electrons. The lowest BCUT2D eigenvalue weighted by atomic mass is 10.2. The van der Waals surface area contributed by atoms with Gasteiger partial charge in [-0.3, -0.25) is 4.99 Å². The van der Waals surface area contributed by atoms with Gasteiger partial charge in [0.1, 0.15) is 0 Å². The van der Waals surface area contributed by atoms with Crippen molar-refractivity contribution in [2.24, 2.45) is 4.99 Å². The van der Waals surface area contributed by atoms with Crippen molar-refractivity contribution in [2.45, 2.75) is 18.4 Å². The summed E-state index contributed by atoms with van der Waals surface area (Å²) in [5.41, 5.74) is 0.948. The van der Waals surface area contributed by atoms with Crippen LogP contribution in [0, 0.1) is 0 Å². The first-order valence-corrected chi connectivity index (χ1v) is 10.6. The fourth-order valence-corrected chi connectivity index (χ4v) is 3.72. The molecule has 2 rings (SSSR count). The van der Waals surface area contributed by atoms with Crippen LogP contribution in [0.25, 0.3) is 0 Å². The van der Waals surface area contributed by atoms with E-state index in [9.17, 15) is 13.2 Å². The number of hydrogen-bond acceptors (Lipinski definition) is 5. The molecule has 9 nitrogen and oxygen atoms in total. The standard InChI is InChI=1S/C18H29N5O4S/c1-5-27-18(24)23-12-10-22(11-13-23)17(19-2)20-14-15-6-8-16(9-7-15)28(25,26)21(3)4/h6-9H,5,10-14H2,1-4H3,(H,19,20). The van der Waals surface area contributed by atoms with Crippen LogP contribution in [0.2, 0.25) is 0 Å². The van der Waals surface area contributed by atoms with E-state index in [1.807, 2.05) is 0 Å². The number of aliphatic imine (C=N–C) groups is 1. The Labute approximate surface area is 167 Å². The quantitative estimate of drug-likeness (QED) is 0.569. The molecule has 0 aromatic heterocycles. The van der Waals surface area contributed by atoms with Crippen LogP contribution < -0.4 is 5.32 Å². The molecule has 1 N–H and O–H groups in total. The largest absolute Gasteiger partial charge is 0.450 e. The fourth-order valence-electron chi connectivity index (χ4n) is 2.82. The van der Waals surface area contributed by atoms with Crippen molar-refractivity contribution in [3.8, 4) is 0 Å². The molecule has 1 amide bonds. The van der Waals surface area contributed by atoms with Gasteiger partial charge in [-0.2, -0.15) is 0 Å². The van der Waals surface area contributed by atoms with Crippen LogP contribution in [0.5, 0.6) is 0 Å². The molecular formula is C18H29N5O4S. The first-order valence-electron chi connectivity index (χ1n) is 9.18. The second kappa shape index (κ2) is 9.74. The average Bonchev–Trinajstić information content (AvgIpc) is 2.69. The average molecular weight is 412 g/mol. The number of ether oxygens (including phenoxy) is 1. The van der Waals surface area contributed by atoms with Crippen molar-refractivity contribution in [1.29, 1.82) is 0 Å². The van der Waals surface area contributed by atoms with Crippen LogP contribution in [0.15, 0.2) is 34.2 Å². The molecule has 0 unspecified atom stereocenters. The van der Waals surface area contributed by atoms with Gasteiger partial charge in [-0.25, -0.2) is 17.5 Å². The van der Waals surface area contributed by atoms with E-state index in [2.05, 4.69) is 15.2 Å². The molecule has 1 aliphatic rings. The van der Waals surface area contributed by atoms with Gasteiger partial charge in [-0.15, -0.1) is 0 Å². The fraction of sp³-hybridized carbons (Fsp3) is 0.556. The van der Waals surface area contributed by atoms with Crippen molar-refractivity contribution in [3.63, 3.8) is 0 Å². The molecule has 0 atom stereocenters. The van der Waals surface area contributed by atoms with Crippen molar-refractivity contribution in [1.82, 2.24) is 19.4 Å². The van der Waals surface area contributed by atoms with E-state index in [1.165, 1.54) is 18.4 Å². The SMILES string of the molecule is CCOC(=O)N1CCN(C(=NC)NCc2ccc(S(=O)(=O)N(C)C)cc2)CC1. The van der Waals surface area contributed by atoms with Crippen LogP contribution in [0.1, 0.15) is 12.5 Å². The maximum atomic E-state index is 12.1. The molecule has 1 aliphatic heterocycles. The maximum absolute atomic E-state index is 12.1. The topological polar surface area (TPSA) is 94.5 Å². The Morgan fingerprint density at radius 1 is 1.14 bits per heavy atom. The maximum Gasteiger partial charge on any atom is 0.409 e. The predicted molar refractivity (Wildman–Crippen MR) is 108 cm³/mol. The minimum atomic E-state index is -3.42. The summed E-state index contributed by atoms with van der Waals surface area (Å²) in [6.07, 6.45) is -0.280. The van der Waals surface area contributed by atoms with Gasteiger partial charge < -0.3 is 19.9 Å². The number of rotatable bonds is 5. The third-order valence-corrected chi connectivity index (χ3v) is 6.30. The Balaban J connectivity index is 1.90. The Bertz CT molecular complexity index is 785. The molecule has 0 aliphatic carbocycles. The molecule has 0 spiro atoms. The van der Waals surface area contributed by atoms with Gasteiger partial charge >= 0.3 is 6.09 Å². The predicted octanol–water partition coefficient (Wildman–Crippen LogP) is 0.786. The first kappa shape index (κ1) is 22.0. The highest BCUT2D eigenvalue weighted by atomic mass is 32.2. The number of carbonyl (C=O) groups is 1. The third-order valence-electron chi connectivity index (χ3n) is 4.47. The molecule has 28 heavy (non-hydrogen) atoms. The lowest BCUT2D eigenvalue weighted by Gasteiger charge is -2.35. The lowest BCUT2D eigenvalue weighted by Crippen LogP contribution is -2.53. The number of sulfonamides is 1. The van der Waals surface area contributed by atoms with Gasteiger partial charge in [0.05, 0.1) is 11.5 Å². The minimum absolute atomic E-state index is 0.265. The normalized spacial score (nSPS) is 15.7. The molecule has 1 saturated heterocycles. The van der Waals surface area contributed by atoms with Gasteiger partial charge in [0.2, 0.25) is 10.0 Å². The number of piperazine rings is 1. The van der Waals surface area contributed by atoms with E-state index in [1.54, 1.807) is 43.1 Å². The van der Waals surface area contributed by atoms with E-state index in [-0.39, 0.29) is 11.0 Å². The summed E-state index contributed by atoms with van der Waals surface area (Å²) >= 11 is 0. The second-order valence-electron chi connectivity index (χ2n) is 6.51. The second-order valence-corrected chi connectivity index (χ2v) is 8.66. The van der Waals surface area contributed by atoms with Gasteiger partial charge in [-0.1, -0.05) is 12.1 Å². The number of hydrogen-bond donors (Lipinski definition) is 1. The lowest BCUT2D eigenvalue weighted by molar-refractivity contribution is 0.0914. The Hall–Kier alpha value is -2.33. The van der Waals surface area contributed by atoms with Crippen molar-refractivity contribution < 1.29 is 17.9 Å². The van der Waals surface area contributed by atoms with E-state index >= 15 is 0 Å². The molecule has 0 saturated carbocycles. The summed E-state index contributed by atoms with van der Waals surface area (Å²) in [4.78, 5) is 20.1. The van der Waals surface area contributed by atoms with Crippen molar-refractivity contribution >= 4 is 22.1 Å².